The molecule has 1 saturated heterocycles. The fourth-order valence-electron chi connectivity index (χ4n) is 2.87. The molecule has 20 heavy (non-hydrogen) atoms. The molecule has 1 atom stereocenters. The Labute approximate surface area is 139 Å². The quantitative estimate of drug-likeness (QED) is 0.877. The summed E-state index contributed by atoms with van der Waals surface area (Å²) < 4.78 is 0. The van der Waals surface area contributed by atoms with Crippen LogP contribution in [0.5, 0.6) is 0 Å². The first-order valence-corrected chi connectivity index (χ1v) is 8.22. The Morgan fingerprint density at radius 3 is 2.50 bits per heavy atom. The van der Waals surface area contributed by atoms with E-state index in [1.54, 1.807) is 9.75 Å². The van der Waals surface area contributed by atoms with Gasteiger partial charge in [-0.15, -0.1) is 36.2 Å². The van der Waals surface area contributed by atoms with Crippen molar-refractivity contribution in [3.05, 3.63) is 21.9 Å². The second-order valence-corrected chi connectivity index (χ2v) is 6.84. The number of rotatable bonds is 5. The molecule has 1 saturated carbocycles. The molecule has 1 aromatic heterocycles. The Morgan fingerprint density at radius 2 is 1.95 bits per heavy atom. The van der Waals surface area contributed by atoms with Gasteiger partial charge in [0.25, 0.3) is 0 Å². The van der Waals surface area contributed by atoms with Crippen LogP contribution in [0, 0.1) is 5.92 Å². The van der Waals surface area contributed by atoms with E-state index >= 15 is 0 Å². The van der Waals surface area contributed by atoms with E-state index in [9.17, 15) is 0 Å². The van der Waals surface area contributed by atoms with E-state index in [-0.39, 0.29) is 24.8 Å². The van der Waals surface area contributed by atoms with Crippen LogP contribution in [0.15, 0.2) is 12.1 Å². The highest BCUT2D eigenvalue weighted by Gasteiger charge is 2.31. The van der Waals surface area contributed by atoms with Gasteiger partial charge in [0.05, 0.1) is 0 Å². The summed E-state index contributed by atoms with van der Waals surface area (Å²) in [5, 5.41) is 3.47. The van der Waals surface area contributed by atoms with Gasteiger partial charge in [-0.3, -0.25) is 4.90 Å². The maximum Gasteiger partial charge on any atom is 0.0445 e. The predicted molar refractivity (Wildman–Crippen MR) is 92.7 cm³/mol. The summed E-state index contributed by atoms with van der Waals surface area (Å²) in [6.45, 7) is 7.02. The summed E-state index contributed by atoms with van der Waals surface area (Å²) in [7, 11) is 0. The summed E-state index contributed by atoms with van der Waals surface area (Å²) in [5.74, 6) is 1.01. The topological polar surface area (TPSA) is 15.3 Å². The molecule has 2 heterocycles. The number of thiophene rings is 1. The lowest BCUT2D eigenvalue weighted by Crippen LogP contribution is -2.45. The van der Waals surface area contributed by atoms with Gasteiger partial charge in [0.15, 0.2) is 0 Å². The van der Waals surface area contributed by atoms with Crippen LogP contribution in [0.1, 0.15) is 42.0 Å². The van der Waals surface area contributed by atoms with Crippen LogP contribution in [0.25, 0.3) is 0 Å². The standard InChI is InChI=1S/C15H24N2S.2ClH/c1-2-13-5-6-15(18-13)14(11-12-3-4-12)17-9-7-16-8-10-17;;/h5-6,12,14,16H,2-4,7-11H2,1H3;2*1H/t14-;;/m1../s1. The van der Waals surface area contributed by atoms with Crippen LogP contribution in [0.2, 0.25) is 0 Å². The van der Waals surface area contributed by atoms with E-state index in [0.29, 0.717) is 6.04 Å². The highest BCUT2D eigenvalue weighted by atomic mass is 35.5. The normalized spacial score (nSPS) is 20.9. The van der Waals surface area contributed by atoms with Crippen LogP contribution in [-0.2, 0) is 6.42 Å². The van der Waals surface area contributed by atoms with Gasteiger partial charge in [0.2, 0.25) is 0 Å². The van der Waals surface area contributed by atoms with Crippen molar-refractivity contribution in [3.63, 3.8) is 0 Å². The Kier molecular flexibility index (Phi) is 7.84. The first-order chi connectivity index (χ1) is 8.86. The van der Waals surface area contributed by atoms with Crippen molar-refractivity contribution >= 4 is 36.2 Å². The number of nitrogens with one attached hydrogen (secondary N) is 1. The first kappa shape index (κ1) is 18.2. The molecule has 0 bridgehead atoms. The van der Waals surface area contributed by atoms with Crippen molar-refractivity contribution in [1.82, 2.24) is 10.2 Å². The van der Waals surface area contributed by atoms with E-state index in [4.69, 9.17) is 0 Å². The van der Waals surface area contributed by atoms with E-state index < -0.39 is 0 Å². The van der Waals surface area contributed by atoms with Crippen LogP contribution in [-0.4, -0.2) is 31.1 Å². The summed E-state index contributed by atoms with van der Waals surface area (Å²) >= 11 is 2.04. The Bertz CT molecular complexity index is 387. The molecular weight excluding hydrogens is 311 g/mol. The molecule has 116 valence electrons. The van der Waals surface area contributed by atoms with E-state index in [2.05, 4.69) is 29.3 Å². The Balaban J connectivity index is 0.000001000. The van der Waals surface area contributed by atoms with Gasteiger partial charge in [-0.1, -0.05) is 19.8 Å². The summed E-state index contributed by atoms with van der Waals surface area (Å²) in [6.07, 6.45) is 5.51. The third-order valence-electron chi connectivity index (χ3n) is 4.21. The Morgan fingerprint density at radius 1 is 1.25 bits per heavy atom. The third kappa shape index (κ3) is 4.60. The average Bonchev–Trinajstić information content (AvgIpc) is 3.12. The van der Waals surface area contributed by atoms with Crippen molar-refractivity contribution in [1.29, 1.82) is 0 Å². The molecule has 2 nitrogen and oxygen atoms in total. The fraction of sp³-hybridized carbons (Fsp3) is 0.733. The summed E-state index contributed by atoms with van der Waals surface area (Å²) in [5.41, 5.74) is 0. The van der Waals surface area contributed by atoms with Crippen molar-refractivity contribution in [2.24, 2.45) is 5.92 Å². The number of aryl methyl sites for hydroxylation is 1. The second-order valence-electron chi connectivity index (χ2n) is 5.64. The van der Waals surface area contributed by atoms with Crippen LogP contribution >= 0.6 is 36.2 Å². The van der Waals surface area contributed by atoms with E-state index in [0.717, 1.165) is 19.0 Å². The van der Waals surface area contributed by atoms with Gasteiger partial charge in [0.1, 0.15) is 0 Å². The molecule has 0 spiro atoms. The molecule has 0 aromatic carbocycles. The molecule has 5 heteroatoms. The highest BCUT2D eigenvalue weighted by molar-refractivity contribution is 7.12. The molecule has 0 amide bonds. The molecule has 0 unspecified atom stereocenters. The molecule has 1 N–H and O–H groups in total. The van der Waals surface area contributed by atoms with Gasteiger partial charge < -0.3 is 5.32 Å². The maximum absolute atomic E-state index is 3.47. The minimum Gasteiger partial charge on any atom is -0.314 e. The smallest absolute Gasteiger partial charge is 0.0445 e. The van der Waals surface area contributed by atoms with Gasteiger partial charge >= 0.3 is 0 Å². The van der Waals surface area contributed by atoms with Crippen molar-refractivity contribution in [2.75, 3.05) is 26.2 Å². The molecule has 2 aliphatic rings. The average molecular weight is 337 g/mol. The van der Waals surface area contributed by atoms with Crippen LogP contribution < -0.4 is 5.32 Å². The van der Waals surface area contributed by atoms with Crippen LogP contribution in [0.3, 0.4) is 0 Å². The van der Waals surface area contributed by atoms with Gasteiger partial charge in [-0.25, -0.2) is 0 Å². The fourth-order valence-corrected chi connectivity index (χ4v) is 3.97. The van der Waals surface area contributed by atoms with Gasteiger partial charge in [0, 0.05) is 42.0 Å². The van der Waals surface area contributed by atoms with Crippen LogP contribution in [0.4, 0.5) is 0 Å². The zero-order valence-corrected chi connectivity index (χ0v) is 14.6. The SMILES string of the molecule is CCc1ccc([C@@H](CC2CC2)N2CCNCC2)s1.Cl.Cl. The molecule has 1 aromatic rings. The lowest BCUT2D eigenvalue weighted by atomic mass is 10.1. The molecule has 1 aliphatic heterocycles. The summed E-state index contributed by atoms with van der Waals surface area (Å²) in [6, 6.07) is 5.42. The predicted octanol–water partition coefficient (Wildman–Crippen LogP) is 3.90. The number of hydrogen-bond acceptors (Lipinski definition) is 3. The van der Waals surface area contributed by atoms with Gasteiger partial charge in [-0.05, 0) is 30.9 Å². The molecule has 0 radical (unpaired) electrons. The highest BCUT2D eigenvalue weighted by Crippen LogP contribution is 2.41. The Hall–Kier alpha value is 0.200. The second kappa shape index (κ2) is 8.60. The number of piperazine rings is 1. The monoisotopic (exact) mass is 336 g/mol. The minimum atomic E-state index is 0. The van der Waals surface area contributed by atoms with E-state index in [1.165, 1.54) is 38.8 Å². The largest absolute Gasteiger partial charge is 0.314 e. The first-order valence-electron chi connectivity index (χ1n) is 7.40. The van der Waals surface area contributed by atoms with E-state index in [1.807, 2.05) is 11.3 Å². The van der Waals surface area contributed by atoms with Crippen molar-refractivity contribution in [2.45, 2.75) is 38.6 Å². The summed E-state index contributed by atoms with van der Waals surface area (Å²) in [4.78, 5) is 5.86. The molecular formula is C15H26Cl2N2S. The number of halogens is 2. The number of nitrogens with zero attached hydrogens (tertiary/aromatic N) is 1. The maximum atomic E-state index is 3.47. The molecule has 3 rings (SSSR count). The molecule has 2 fully saturated rings. The number of hydrogen-bond donors (Lipinski definition) is 1. The molecule has 1 aliphatic carbocycles. The van der Waals surface area contributed by atoms with Crippen molar-refractivity contribution in [3.8, 4) is 0 Å². The third-order valence-corrected chi connectivity index (χ3v) is 5.54. The minimum absolute atomic E-state index is 0. The zero-order chi connectivity index (χ0) is 12.4. The lowest BCUT2D eigenvalue weighted by Gasteiger charge is -2.34. The van der Waals surface area contributed by atoms with Gasteiger partial charge in [-0.2, -0.15) is 0 Å². The zero-order valence-electron chi connectivity index (χ0n) is 12.1. The lowest BCUT2D eigenvalue weighted by molar-refractivity contribution is 0.163. The van der Waals surface area contributed by atoms with Crippen molar-refractivity contribution < 1.29 is 0 Å².